The van der Waals surface area contributed by atoms with Gasteiger partial charge in [0, 0.05) is 19.2 Å². The molecule has 23 heavy (non-hydrogen) atoms. The minimum atomic E-state index is 0.511. The Kier molecular flexibility index (Phi) is 4.24. The summed E-state index contributed by atoms with van der Waals surface area (Å²) in [6, 6.07) is 12.0. The summed E-state index contributed by atoms with van der Waals surface area (Å²) in [5, 5.41) is 8.80. The van der Waals surface area contributed by atoms with Crippen molar-refractivity contribution < 1.29 is 4.74 Å². The third-order valence-electron chi connectivity index (χ3n) is 3.74. The van der Waals surface area contributed by atoms with Gasteiger partial charge in [-0.15, -0.1) is 0 Å². The molecule has 0 fully saturated rings. The molecule has 0 unspecified atom stereocenters. The number of unbranched alkanes of at least 4 members (excludes halogenated alkanes) is 1. The number of benzene rings is 1. The zero-order valence-electron chi connectivity index (χ0n) is 13.3. The van der Waals surface area contributed by atoms with Crippen LogP contribution in [0, 0.1) is 18.3 Å². The Hall–Kier alpha value is -2.87. The van der Waals surface area contributed by atoms with Crippen LogP contribution in [-0.4, -0.2) is 21.6 Å². The molecule has 0 spiro atoms. The number of methoxy groups -OCH3 is 1. The molecule has 0 N–H and O–H groups in total. The first-order valence-corrected chi connectivity index (χ1v) is 7.58. The van der Waals surface area contributed by atoms with Crippen LogP contribution in [0.4, 0.5) is 0 Å². The van der Waals surface area contributed by atoms with E-state index < -0.39 is 0 Å². The van der Waals surface area contributed by atoms with Crippen LogP contribution in [0.15, 0.2) is 36.5 Å². The zero-order valence-corrected chi connectivity index (χ0v) is 13.3. The maximum atomic E-state index is 8.80. The van der Waals surface area contributed by atoms with Crippen molar-refractivity contribution in [3.8, 4) is 23.2 Å². The number of aromatic nitrogens is 3. The van der Waals surface area contributed by atoms with Crippen molar-refractivity contribution in [2.24, 2.45) is 0 Å². The first-order valence-electron chi connectivity index (χ1n) is 7.58. The van der Waals surface area contributed by atoms with Crippen LogP contribution < -0.4 is 4.74 Å². The van der Waals surface area contributed by atoms with Crippen LogP contribution >= 0.6 is 0 Å². The van der Waals surface area contributed by atoms with Crippen molar-refractivity contribution in [2.75, 3.05) is 7.11 Å². The predicted octanol–water partition coefficient (Wildman–Crippen LogP) is 3.72. The first-order chi connectivity index (χ1) is 11.2. The van der Waals surface area contributed by atoms with Crippen LogP contribution in [0.1, 0.15) is 18.4 Å². The summed E-state index contributed by atoms with van der Waals surface area (Å²) in [5.74, 6) is 1.61. The van der Waals surface area contributed by atoms with E-state index in [1.54, 1.807) is 7.11 Å². The van der Waals surface area contributed by atoms with Gasteiger partial charge in [0.15, 0.2) is 5.65 Å². The smallest absolute Gasteiger partial charge is 0.160 e. The number of ether oxygens (including phenoxy) is 1. The molecule has 0 saturated carbocycles. The van der Waals surface area contributed by atoms with Crippen LogP contribution in [0.3, 0.4) is 0 Å². The van der Waals surface area contributed by atoms with E-state index >= 15 is 0 Å². The lowest BCUT2D eigenvalue weighted by molar-refractivity contribution is 0.416. The minimum absolute atomic E-state index is 0.511. The second-order valence-corrected chi connectivity index (χ2v) is 5.40. The summed E-state index contributed by atoms with van der Waals surface area (Å²) in [7, 11) is 1.66. The van der Waals surface area contributed by atoms with Gasteiger partial charge in [-0.2, -0.15) is 5.26 Å². The molecule has 116 valence electrons. The molecule has 2 aromatic heterocycles. The van der Waals surface area contributed by atoms with Crippen molar-refractivity contribution in [3.63, 3.8) is 0 Å². The Bertz CT molecular complexity index is 876. The number of nitriles is 1. The zero-order chi connectivity index (χ0) is 16.2. The number of hydrogen-bond acceptors (Lipinski definition) is 4. The lowest BCUT2D eigenvalue weighted by Crippen LogP contribution is -2.02. The van der Waals surface area contributed by atoms with Crippen molar-refractivity contribution in [1.82, 2.24) is 14.5 Å². The van der Waals surface area contributed by atoms with Crippen molar-refractivity contribution >= 4 is 11.2 Å². The van der Waals surface area contributed by atoms with Crippen LogP contribution in [0.5, 0.6) is 5.75 Å². The fourth-order valence-electron chi connectivity index (χ4n) is 2.67. The van der Waals surface area contributed by atoms with E-state index in [-0.39, 0.29) is 0 Å². The maximum Gasteiger partial charge on any atom is 0.160 e. The lowest BCUT2D eigenvalue weighted by Gasteiger charge is -2.10. The summed E-state index contributed by atoms with van der Waals surface area (Å²) in [6.07, 6.45) is 3.12. The first kappa shape index (κ1) is 15.0. The highest BCUT2D eigenvalue weighted by Crippen LogP contribution is 2.31. The number of pyridine rings is 1. The maximum absolute atomic E-state index is 8.80. The summed E-state index contributed by atoms with van der Waals surface area (Å²) < 4.78 is 7.55. The van der Waals surface area contributed by atoms with E-state index in [0.29, 0.717) is 13.0 Å². The molecule has 1 aromatic carbocycles. The van der Waals surface area contributed by atoms with Gasteiger partial charge in [0.2, 0.25) is 0 Å². The van der Waals surface area contributed by atoms with Crippen LogP contribution in [0.25, 0.3) is 22.6 Å². The van der Waals surface area contributed by atoms with Gasteiger partial charge in [0.25, 0.3) is 0 Å². The van der Waals surface area contributed by atoms with E-state index in [1.807, 2.05) is 43.5 Å². The van der Waals surface area contributed by atoms with E-state index in [2.05, 4.69) is 15.6 Å². The molecule has 0 radical (unpaired) electrons. The largest absolute Gasteiger partial charge is 0.496 e. The monoisotopic (exact) mass is 306 g/mol. The normalized spacial score (nSPS) is 10.7. The number of rotatable bonds is 5. The summed E-state index contributed by atoms with van der Waals surface area (Å²) in [4.78, 5) is 9.31. The Morgan fingerprint density at radius 2 is 2.13 bits per heavy atom. The second kappa shape index (κ2) is 6.49. The fourth-order valence-corrected chi connectivity index (χ4v) is 2.67. The van der Waals surface area contributed by atoms with Gasteiger partial charge >= 0.3 is 0 Å². The van der Waals surface area contributed by atoms with Gasteiger partial charge in [-0.1, -0.05) is 12.1 Å². The molecular weight excluding hydrogens is 288 g/mol. The molecular formula is C18H18N4O. The minimum Gasteiger partial charge on any atom is -0.496 e. The molecule has 3 rings (SSSR count). The summed E-state index contributed by atoms with van der Waals surface area (Å²) in [6.45, 7) is 2.71. The Morgan fingerprint density at radius 1 is 1.30 bits per heavy atom. The number of para-hydroxylation sites is 1. The van der Waals surface area contributed by atoms with Gasteiger partial charge in [-0.25, -0.2) is 9.97 Å². The van der Waals surface area contributed by atoms with Crippen molar-refractivity contribution in [2.45, 2.75) is 26.3 Å². The van der Waals surface area contributed by atoms with Crippen molar-refractivity contribution in [3.05, 3.63) is 42.1 Å². The predicted molar refractivity (Wildman–Crippen MR) is 89.1 cm³/mol. The average molecular weight is 306 g/mol. The molecule has 5 heteroatoms. The highest BCUT2D eigenvalue weighted by Gasteiger charge is 2.16. The number of aryl methyl sites for hydroxylation is 2. The Labute approximate surface area is 135 Å². The van der Waals surface area contributed by atoms with E-state index in [0.717, 1.165) is 40.3 Å². The fraction of sp³-hybridized carbons (Fsp3) is 0.278. The topological polar surface area (TPSA) is 63.7 Å². The van der Waals surface area contributed by atoms with Gasteiger partial charge in [-0.3, -0.25) is 0 Å². The summed E-state index contributed by atoms with van der Waals surface area (Å²) in [5.41, 5.74) is 3.71. The number of hydrogen-bond donors (Lipinski definition) is 0. The van der Waals surface area contributed by atoms with Crippen LogP contribution in [-0.2, 0) is 6.54 Å². The van der Waals surface area contributed by atoms with Gasteiger partial charge in [0.05, 0.1) is 18.7 Å². The molecule has 5 nitrogen and oxygen atoms in total. The molecule has 0 aliphatic heterocycles. The van der Waals surface area contributed by atoms with Crippen LogP contribution in [0.2, 0.25) is 0 Å². The van der Waals surface area contributed by atoms with Crippen molar-refractivity contribution in [1.29, 1.82) is 5.26 Å². The molecule has 0 aliphatic rings. The molecule has 0 saturated heterocycles. The quantitative estimate of drug-likeness (QED) is 0.674. The van der Waals surface area contributed by atoms with E-state index in [4.69, 9.17) is 15.0 Å². The molecule has 0 amide bonds. The number of fused-ring (bicyclic) bond motifs is 1. The standard InChI is InChI=1S/C18H18N4O/c1-13-11-15-18(20-12-13)22(10-6-5-9-19)17(21-15)14-7-3-4-8-16(14)23-2/h3-4,7-8,11-12H,5-6,10H2,1-2H3. The van der Waals surface area contributed by atoms with Gasteiger partial charge in [0.1, 0.15) is 17.1 Å². The summed E-state index contributed by atoms with van der Waals surface area (Å²) >= 11 is 0. The number of imidazole rings is 1. The second-order valence-electron chi connectivity index (χ2n) is 5.40. The number of nitrogens with zero attached hydrogens (tertiary/aromatic N) is 4. The van der Waals surface area contributed by atoms with Gasteiger partial charge in [-0.05, 0) is 37.1 Å². The third kappa shape index (κ3) is 2.88. The molecule has 2 heterocycles. The molecule has 0 aliphatic carbocycles. The van der Waals surface area contributed by atoms with E-state index in [1.165, 1.54) is 0 Å². The molecule has 0 bridgehead atoms. The Balaban J connectivity index is 2.18. The molecule has 3 aromatic rings. The average Bonchev–Trinajstić information content (AvgIpc) is 2.92. The highest BCUT2D eigenvalue weighted by atomic mass is 16.5. The Morgan fingerprint density at radius 3 is 2.91 bits per heavy atom. The third-order valence-corrected chi connectivity index (χ3v) is 3.74. The SMILES string of the molecule is COc1ccccc1-c1nc2cc(C)cnc2n1CCCC#N. The van der Waals surface area contributed by atoms with Gasteiger partial charge < -0.3 is 9.30 Å². The highest BCUT2D eigenvalue weighted by molar-refractivity contribution is 5.79. The van der Waals surface area contributed by atoms with E-state index in [9.17, 15) is 0 Å². The molecule has 0 atom stereocenters. The lowest BCUT2D eigenvalue weighted by atomic mass is 10.2.